The summed E-state index contributed by atoms with van der Waals surface area (Å²) in [6.07, 6.45) is 2.85. The zero-order chi connectivity index (χ0) is 15.3. The molecular formula is C17H18N2O3. The minimum absolute atomic E-state index is 0.0375. The molecule has 0 radical (unpaired) electrons. The third kappa shape index (κ3) is 2.26. The molecule has 1 aliphatic heterocycles. The van der Waals surface area contributed by atoms with E-state index in [0.29, 0.717) is 5.92 Å². The van der Waals surface area contributed by atoms with Gasteiger partial charge < -0.3 is 14.6 Å². The van der Waals surface area contributed by atoms with Crippen LogP contribution in [0, 0.1) is 19.8 Å². The number of ether oxygens (including phenoxy) is 1. The molecule has 5 heteroatoms. The van der Waals surface area contributed by atoms with Crippen LogP contribution >= 0.6 is 0 Å². The Morgan fingerprint density at radius 1 is 1.32 bits per heavy atom. The van der Waals surface area contributed by atoms with Crippen LogP contribution in [0.3, 0.4) is 0 Å². The van der Waals surface area contributed by atoms with Crippen molar-refractivity contribution in [2.24, 2.45) is 5.92 Å². The van der Waals surface area contributed by atoms with E-state index < -0.39 is 0 Å². The van der Waals surface area contributed by atoms with Crippen molar-refractivity contribution in [3.63, 3.8) is 0 Å². The first kappa shape index (κ1) is 13.4. The van der Waals surface area contributed by atoms with E-state index in [2.05, 4.69) is 10.5 Å². The summed E-state index contributed by atoms with van der Waals surface area (Å²) < 4.78 is 11.2. The largest absolute Gasteiger partial charge is 0.478 e. The number of carbonyl (C=O) groups is 1. The molecule has 1 aromatic heterocycles. The Labute approximate surface area is 128 Å². The molecule has 0 bridgehead atoms. The van der Waals surface area contributed by atoms with Crippen molar-refractivity contribution >= 4 is 11.6 Å². The molecule has 1 fully saturated rings. The molecule has 1 atom stereocenters. The molecule has 2 heterocycles. The highest BCUT2D eigenvalue weighted by Crippen LogP contribution is 2.40. The van der Waals surface area contributed by atoms with Crippen LogP contribution in [-0.2, 0) is 4.79 Å². The standard InChI is InChI=1S/C17H18N2O3/c1-9-16(10(2)22-19-9)12-5-6-13-14(8-12)21-15(17(20)18-13)7-11-3-4-11/h5-6,8,11,15H,3-4,7H2,1-2H3,(H,18,20)/t15-/m0/s1. The SMILES string of the molecule is Cc1noc(C)c1-c1ccc2c(c1)O[C@@H](CC1CC1)C(=O)N2. The Hall–Kier alpha value is -2.30. The number of fused-ring (bicyclic) bond motifs is 1. The molecule has 2 aliphatic rings. The van der Waals surface area contributed by atoms with Crippen molar-refractivity contribution in [2.75, 3.05) is 5.32 Å². The molecule has 0 saturated heterocycles. The molecule has 114 valence electrons. The number of benzene rings is 1. The van der Waals surface area contributed by atoms with E-state index in [-0.39, 0.29) is 12.0 Å². The highest BCUT2D eigenvalue weighted by atomic mass is 16.5. The second-order valence-electron chi connectivity index (χ2n) is 6.18. The van der Waals surface area contributed by atoms with Crippen LogP contribution in [0.4, 0.5) is 5.69 Å². The maximum atomic E-state index is 12.1. The minimum atomic E-state index is -0.375. The van der Waals surface area contributed by atoms with Gasteiger partial charge in [0.1, 0.15) is 11.5 Å². The fraction of sp³-hybridized carbons (Fsp3) is 0.412. The van der Waals surface area contributed by atoms with Gasteiger partial charge in [-0.05, 0) is 43.9 Å². The molecule has 2 aromatic rings. The van der Waals surface area contributed by atoms with Gasteiger partial charge in [0.15, 0.2) is 6.10 Å². The first-order valence-corrected chi connectivity index (χ1v) is 7.66. The van der Waals surface area contributed by atoms with Crippen molar-refractivity contribution < 1.29 is 14.1 Å². The molecule has 1 N–H and O–H groups in total. The number of hydrogen-bond acceptors (Lipinski definition) is 4. The molecule has 1 aliphatic carbocycles. The van der Waals surface area contributed by atoms with Gasteiger partial charge in [-0.25, -0.2) is 0 Å². The Balaban J connectivity index is 1.67. The second-order valence-corrected chi connectivity index (χ2v) is 6.18. The van der Waals surface area contributed by atoms with Gasteiger partial charge in [0, 0.05) is 5.56 Å². The van der Waals surface area contributed by atoms with Crippen LogP contribution in [0.1, 0.15) is 30.7 Å². The summed E-state index contributed by atoms with van der Waals surface area (Å²) in [4.78, 5) is 12.1. The molecule has 0 unspecified atom stereocenters. The lowest BCUT2D eigenvalue weighted by Crippen LogP contribution is -2.37. The number of hydrogen-bond donors (Lipinski definition) is 1. The van der Waals surface area contributed by atoms with Crippen molar-refractivity contribution in [2.45, 2.75) is 39.2 Å². The third-order valence-electron chi connectivity index (χ3n) is 4.37. The average Bonchev–Trinajstić information content (AvgIpc) is 3.24. The number of amides is 1. The lowest BCUT2D eigenvalue weighted by Gasteiger charge is -2.26. The monoisotopic (exact) mass is 298 g/mol. The van der Waals surface area contributed by atoms with Gasteiger partial charge in [0.25, 0.3) is 5.91 Å². The zero-order valence-electron chi connectivity index (χ0n) is 12.7. The Morgan fingerprint density at radius 3 is 2.82 bits per heavy atom. The van der Waals surface area contributed by atoms with E-state index in [0.717, 1.165) is 40.4 Å². The zero-order valence-corrected chi connectivity index (χ0v) is 12.7. The van der Waals surface area contributed by atoms with Gasteiger partial charge in [0.2, 0.25) is 0 Å². The summed E-state index contributed by atoms with van der Waals surface area (Å²) in [5, 5.41) is 6.94. The fourth-order valence-corrected chi connectivity index (χ4v) is 3.01. The van der Waals surface area contributed by atoms with Gasteiger partial charge in [-0.2, -0.15) is 0 Å². The highest BCUT2D eigenvalue weighted by molar-refractivity contribution is 5.98. The van der Waals surface area contributed by atoms with Crippen LogP contribution in [0.25, 0.3) is 11.1 Å². The lowest BCUT2D eigenvalue weighted by molar-refractivity contribution is -0.124. The van der Waals surface area contributed by atoms with Crippen molar-refractivity contribution in [3.8, 4) is 16.9 Å². The number of rotatable bonds is 3. The Bertz CT molecular complexity index is 727. The fourth-order valence-electron chi connectivity index (χ4n) is 3.01. The lowest BCUT2D eigenvalue weighted by atomic mass is 10.0. The number of aromatic nitrogens is 1. The van der Waals surface area contributed by atoms with Crippen molar-refractivity contribution in [3.05, 3.63) is 29.7 Å². The third-order valence-corrected chi connectivity index (χ3v) is 4.37. The predicted octanol–water partition coefficient (Wildman–Crippen LogP) is 3.46. The number of nitrogens with one attached hydrogen (secondary N) is 1. The van der Waals surface area contributed by atoms with Gasteiger partial charge in [0.05, 0.1) is 11.4 Å². The summed E-state index contributed by atoms with van der Waals surface area (Å²) in [6.45, 7) is 3.82. The van der Waals surface area contributed by atoms with E-state index in [9.17, 15) is 4.79 Å². The first-order chi connectivity index (χ1) is 10.6. The van der Waals surface area contributed by atoms with E-state index in [1.54, 1.807) is 0 Å². The molecule has 22 heavy (non-hydrogen) atoms. The van der Waals surface area contributed by atoms with Gasteiger partial charge in [-0.3, -0.25) is 4.79 Å². The van der Waals surface area contributed by atoms with Gasteiger partial charge >= 0.3 is 0 Å². The van der Waals surface area contributed by atoms with Crippen molar-refractivity contribution in [1.82, 2.24) is 5.16 Å². The van der Waals surface area contributed by atoms with Crippen molar-refractivity contribution in [1.29, 1.82) is 0 Å². The molecule has 0 spiro atoms. The van der Waals surface area contributed by atoms with Crippen LogP contribution in [0.5, 0.6) is 5.75 Å². The van der Waals surface area contributed by atoms with Crippen LogP contribution in [0.2, 0.25) is 0 Å². The van der Waals surface area contributed by atoms with Crippen LogP contribution < -0.4 is 10.1 Å². The number of nitrogens with zero attached hydrogens (tertiary/aromatic N) is 1. The second kappa shape index (κ2) is 4.87. The maximum Gasteiger partial charge on any atom is 0.265 e. The summed E-state index contributed by atoms with van der Waals surface area (Å²) in [6, 6.07) is 5.79. The predicted molar refractivity (Wildman–Crippen MR) is 81.8 cm³/mol. The van der Waals surface area contributed by atoms with Gasteiger partial charge in [-0.15, -0.1) is 0 Å². The van der Waals surface area contributed by atoms with E-state index in [1.807, 2.05) is 32.0 Å². The topological polar surface area (TPSA) is 64.4 Å². The van der Waals surface area contributed by atoms with Gasteiger partial charge in [-0.1, -0.05) is 24.1 Å². The maximum absolute atomic E-state index is 12.1. The van der Waals surface area contributed by atoms with E-state index in [4.69, 9.17) is 9.26 Å². The van der Waals surface area contributed by atoms with E-state index in [1.165, 1.54) is 12.8 Å². The molecular weight excluding hydrogens is 280 g/mol. The number of carbonyl (C=O) groups excluding carboxylic acids is 1. The summed E-state index contributed by atoms with van der Waals surface area (Å²) in [7, 11) is 0. The molecule has 4 rings (SSSR count). The molecule has 5 nitrogen and oxygen atoms in total. The molecule has 1 saturated carbocycles. The molecule has 1 aromatic carbocycles. The average molecular weight is 298 g/mol. The number of aryl methyl sites for hydroxylation is 2. The Morgan fingerprint density at radius 2 is 2.14 bits per heavy atom. The van der Waals surface area contributed by atoms with E-state index >= 15 is 0 Å². The minimum Gasteiger partial charge on any atom is -0.478 e. The smallest absolute Gasteiger partial charge is 0.265 e. The summed E-state index contributed by atoms with van der Waals surface area (Å²) >= 11 is 0. The number of anilines is 1. The van der Waals surface area contributed by atoms with Crippen LogP contribution in [0.15, 0.2) is 22.7 Å². The first-order valence-electron chi connectivity index (χ1n) is 7.66. The normalized spacial score (nSPS) is 20.3. The molecule has 1 amide bonds. The quantitative estimate of drug-likeness (QED) is 0.942. The summed E-state index contributed by atoms with van der Waals surface area (Å²) in [5.74, 6) is 2.11. The highest BCUT2D eigenvalue weighted by Gasteiger charge is 2.34. The Kier molecular flexibility index (Phi) is 2.96. The summed E-state index contributed by atoms with van der Waals surface area (Å²) in [5.41, 5.74) is 3.57. The van der Waals surface area contributed by atoms with Crippen LogP contribution in [-0.4, -0.2) is 17.2 Å².